The Balaban J connectivity index is 1.40. The molecule has 0 radical (unpaired) electrons. The number of piperidine rings is 1. The van der Waals surface area contributed by atoms with Crippen molar-refractivity contribution in [2.24, 2.45) is 7.05 Å². The number of carbonyl (C=O) groups excluding carboxylic acids is 1. The normalized spacial score (nSPS) is 15.1. The minimum atomic E-state index is -3.50. The van der Waals surface area contributed by atoms with E-state index >= 15 is 0 Å². The first-order valence-corrected chi connectivity index (χ1v) is 12.0. The van der Waals surface area contributed by atoms with Crippen molar-refractivity contribution in [3.8, 4) is 5.88 Å². The van der Waals surface area contributed by atoms with E-state index in [1.54, 1.807) is 23.9 Å². The zero-order valence-electron chi connectivity index (χ0n) is 18.5. The summed E-state index contributed by atoms with van der Waals surface area (Å²) in [7, 11) is -1.72. The van der Waals surface area contributed by atoms with E-state index < -0.39 is 10.0 Å². The van der Waals surface area contributed by atoms with E-state index in [-0.39, 0.29) is 17.4 Å². The molecule has 0 bridgehead atoms. The van der Waals surface area contributed by atoms with Crippen molar-refractivity contribution in [2.45, 2.75) is 38.0 Å². The van der Waals surface area contributed by atoms with Crippen molar-refractivity contribution in [3.63, 3.8) is 0 Å². The van der Waals surface area contributed by atoms with Crippen LogP contribution in [0.25, 0.3) is 11.0 Å². The number of benzene rings is 1. The fourth-order valence-electron chi connectivity index (χ4n) is 3.95. The molecule has 1 aliphatic rings. The summed E-state index contributed by atoms with van der Waals surface area (Å²) < 4.78 is 34.3. The van der Waals surface area contributed by atoms with Crippen LogP contribution in [0.4, 0.5) is 5.69 Å². The average molecular weight is 458 g/mol. The number of carbonyl (C=O) groups is 1. The molecule has 1 fully saturated rings. The average Bonchev–Trinajstić information content (AvgIpc) is 3.09. The highest BCUT2D eigenvalue weighted by Gasteiger charge is 2.25. The van der Waals surface area contributed by atoms with Crippen LogP contribution in [-0.2, 0) is 21.9 Å². The van der Waals surface area contributed by atoms with E-state index in [1.807, 2.05) is 19.9 Å². The zero-order chi connectivity index (χ0) is 22.9. The minimum Gasteiger partial charge on any atom is -0.466 e. The van der Waals surface area contributed by atoms with Gasteiger partial charge >= 0.3 is 0 Å². The van der Waals surface area contributed by atoms with Crippen LogP contribution in [0.2, 0.25) is 0 Å². The van der Waals surface area contributed by atoms with Crippen LogP contribution < -0.4 is 10.1 Å². The Hall–Kier alpha value is -2.98. The summed E-state index contributed by atoms with van der Waals surface area (Å²) in [6.07, 6.45) is 2.82. The Kier molecular flexibility index (Phi) is 6.16. The second-order valence-corrected chi connectivity index (χ2v) is 9.97. The highest BCUT2D eigenvalue weighted by Crippen LogP contribution is 2.27. The predicted molar refractivity (Wildman–Crippen MR) is 121 cm³/mol. The molecule has 1 saturated heterocycles. The molecule has 3 heterocycles. The first-order chi connectivity index (χ1) is 15.3. The highest BCUT2D eigenvalue weighted by atomic mass is 32.2. The molecule has 10 heteroatoms. The lowest BCUT2D eigenvalue weighted by Crippen LogP contribution is -2.35. The molecule has 0 unspecified atom stereocenters. The van der Waals surface area contributed by atoms with Gasteiger partial charge in [0.15, 0.2) is 12.3 Å². The molecule has 170 valence electrons. The molecule has 0 saturated carbocycles. The highest BCUT2D eigenvalue weighted by molar-refractivity contribution is 7.89. The number of nitrogens with zero attached hydrogens (tertiary/aromatic N) is 4. The molecule has 2 aromatic heterocycles. The van der Waals surface area contributed by atoms with Crippen molar-refractivity contribution in [1.29, 1.82) is 0 Å². The van der Waals surface area contributed by atoms with Crippen LogP contribution in [0, 0.1) is 13.8 Å². The number of sulfonamides is 1. The molecule has 1 aromatic carbocycles. The number of hydrogen-bond donors (Lipinski definition) is 1. The Morgan fingerprint density at radius 1 is 1.12 bits per heavy atom. The molecule has 1 N–H and O–H groups in total. The third-order valence-electron chi connectivity index (χ3n) is 5.52. The van der Waals surface area contributed by atoms with Crippen molar-refractivity contribution >= 4 is 32.7 Å². The third kappa shape index (κ3) is 4.46. The maximum absolute atomic E-state index is 12.7. The van der Waals surface area contributed by atoms with Crippen LogP contribution in [0.3, 0.4) is 0 Å². The van der Waals surface area contributed by atoms with Gasteiger partial charge in [-0.2, -0.15) is 4.31 Å². The molecular formula is C22H27N5O4S. The summed E-state index contributed by atoms with van der Waals surface area (Å²) >= 11 is 0. The van der Waals surface area contributed by atoms with Gasteiger partial charge in [-0.25, -0.2) is 18.1 Å². The van der Waals surface area contributed by atoms with Gasteiger partial charge in [0.1, 0.15) is 0 Å². The number of aryl methyl sites for hydroxylation is 3. The summed E-state index contributed by atoms with van der Waals surface area (Å²) in [5, 5.41) is 7.84. The van der Waals surface area contributed by atoms with Crippen molar-refractivity contribution in [3.05, 3.63) is 41.6 Å². The van der Waals surface area contributed by atoms with Crippen LogP contribution >= 0.6 is 0 Å². The van der Waals surface area contributed by atoms with Gasteiger partial charge in [0.25, 0.3) is 5.91 Å². The van der Waals surface area contributed by atoms with Crippen LogP contribution in [0.5, 0.6) is 5.88 Å². The first kappa shape index (κ1) is 22.2. The number of rotatable bonds is 6. The lowest BCUT2D eigenvalue weighted by Gasteiger charge is -2.25. The quantitative estimate of drug-likeness (QED) is 0.610. The Bertz CT molecular complexity index is 1250. The summed E-state index contributed by atoms with van der Waals surface area (Å²) in [5.41, 5.74) is 3.05. The minimum absolute atomic E-state index is 0.229. The number of ether oxygens (including phenoxy) is 1. The number of anilines is 1. The number of nitrogens with one attached hydrogen (secondary N) is 1. The molecule has 1 aliphatic heterocycles. The number of amides is 1. The lowest BCUT2D eigenvalue weighted by atomic mass is 10.2. The van der Waals surface area contributed by atoms with Gasteiger partial charge in [0.05, 0.1) is 10.3 Å². The van der Waals surface area contributed by atoms with Crippen molar-refractivity contribution in [1.82, 2.24) is 19.1 Å². The molecule has 9 nitrogen and oxygen atoms in total. The summed E-state index contributed by atoms with van der Waals surface area (Å²) in [5.74, 6) is -0.0150. The van der Waals surface area contributed by atoms with Gasteiger partial charge in [0.2, 0.25) is 15.9 Å². The van der Waals surface area contributed by atoms with Gasteiger partial charge in [-0.15, -0.1) is 5.10 Å². The zero-order valence-corrected chi connectivity index (χ0v) is 19.3. The van der Waals surface area contributed by atoms with E-state index in [2.05, 4.69) is 15.4 Å². The Morgan fingerprint density at radius 3 is 2.50 bits per heavy atom. The number of aromatic nitrogens is 3. The van der Waals surface area contributed by atoms with Gasteiger partial charge in [-0.3, -0.25) is 4.79 Å². The topological polar surface area (TPSA) is 106 Å². The van der Waals surface area contributed by atoms with E-state index in [9.17, 15) is 13.2 Å². The maximum atomic E-state index is 12.7. The largest absolute Gasteiger partial charge is 0.466 e. The van der Waals surface area contributed by atoms with Crippen LogP contribution in [0.1, 0.15) is 30.5 Å². The second kappa shape index (κ2) is 8.87. The number of pyridine rings is 1. The van der Waals surface area contributed by atoms with E-state index in [0.717, 1.165) is 35.9 Å². The van der Waals surface area contributed by atoms with Crippen LogP contribution in [-0.4, -0.2) is 53.1 Å². The Labute approximate surface area is 187 Å². The van der Waals surface area contributed by atoms with Crippen LogP contribution in [0.15, 0.2) is 35.2 Å². The maximum Gasteiger partial charge on any atom is 0.262 e. The van der Waals surface area contributed by atoms with E-state index in [4.69, 9.17) is 4.74 Å². The molecule has 0 atom stereocenters. The molecule has 0 aliphatic carbocycles. The SMILES string of the molecule is Cc1cc(C)c2c(OCC(=O)Nc3ccc(S(=O)(=O)N4CCCCC4)cc3)nn(C)c2n1. The van der Waals surface area contributed by atoms with E-state index in [1.165, 1.54) is 16.4 Å². The molecule has 1 amide bonds. The molecule has 0 spiro atoms. The number of fused-ring (bicyclic) bond motifs is 1. The van der Waals surface area contributed by atoms with E-state index in [0.29, 0.717) is 30.3 Å². The van der Waals surface area contributed by atoms with Crippen molar-refractivity contribution in [2.75, 3.05) is 25.0 Å². The van der Waals surface area contributed by atoms with Gasteiger partial charge in [0, 0.05) is 31.5 Å². The smallest absolute Gasteiger partial charge is 0.262 e. The number of hydrogen-bond acceptors (Lipinski definition) is 6. The lowest BCUT2D eigenvalue weighted by molar-refractivity contribution is -0.118. The standard InChI is InChI=1S/C22H27N5O4S/c1-15-13-16(2)23-21-20(15)22(25-26(21)3)31-14-19(28)24-17-7-9-18(10-8-17)32(29,30)27-11-5-4-6-12-27/h7-10,13H,4-6,11-12,14H2,1-3H3,(H,24,28). The third-order valence-corrected chi connectivity index (χ3v) is 7.43. The molecule has 4 rings (SSSR count). The summed E-state index contributed by atoms with van der Waals surface area (Å²) in [4.78, 5) is 17.1. The summed E-state index contributed by atoms with van der Waals surface area (Å²) in [6, 6.07) is 8.15. The van der Waals surface area contributed by atoms with Gasteiger partial charge in [-0.05, 0) is 62.6 Å². The fraction of sp³-hybridized carbons (Fsp3) is 0.409. The second-order valence-electron chi connectivity index (χ2n) is 8.03. The fourth-order valence-corrected chi connectivity index (χ4v) is 5.46. The summed E-state index contributed by atoms with van der Waals surface area (Å²) in [6.45, 7) is 4.73. The Morgan fingerprint density at radius 2 is 1.81 bits per heavy atom. The van der Waals surface area contributed by atoms with Gasteiger partial charge < -0.3 is 10.1 Å². The molecule has 32 heavy (non-hydrogen) atoms. The predicted octanol–water partition coefficient (Wildman–Crippen LogP) is 2.78. The molecular weight excluding hydrogens is 430 g/mol. The van der Waals surface area contributed by atoms with Crippen molar-refractivity contribution < 1.29 is 17.9 Å². The first-order valence-electron chi connectivity index (χ1n) is 10.6. The monoisotopic (exact) mass is 457 g/mol. The molecule has 3 aromatic rings. The van der Waals surface area contributed by atoms with Gasteiger partial charge in [-0.1, -0.05) is 6.42 Å².